The van der Waals surface area contributed by atoms with Crippen LogP contribution < -0.4 is 5.32 Å². The monoisotopic (exact) mass is 325 g/mol. The van der Waals surface area contributed by atoms with E-state index in [2.05, 4.69) is 15.2 Å². The zero-order valence-corrected chi connectivity index (χ0v) is 14.1. The first-order chi connectivity index (χ1) is 10.3. The molecule has 1 aromatic rings. The summed E-state index contributed by atoms with van der Waals surface area (Å²) in [7, 11) is 0. The molecule has 1 amide bonds. The van der Waals surface area contributed by atoms with Crippen LogP contribution in [0.4, 0.5) is 4.79 Å². The Bertz CT molecular complexity index is 511. The Labute approximate surface area is 134 Å². The summed E-state index contributed by atoms with van der Waals surface area (Å²) in [5.74, 6) is 0.423. The Kier molecular flexibility index (Phi) is 5.52. The number of ketones is 1. The number of Topliss-reactive ketones (excluding diaryl/α,β-unsaturated/α-hetero) is 1. The normalized spacial score (nSPS) is 19.1. The van der Waals surface area contributed by atoms with Crippen LogP contribution in [-0.4, -0.2) is 53.5 Å². The maximum Gasteiger partial charge on any atom is 0.407 e. The number of amides is 1. The van der Waals surface area contributed by atoms with Crippen LogP contribution in [0.3, 0.4) is 0 Å². The third-order valence-corrected chi connectivity index (χ3v) is 4.16. The number of alkyl carbamates (subject to hydrolysis) is 1. The molecule has 1 fully saturated rings. The second kappa shape index (κ2) is 7.19. The quantitative estimate of drug-likeness (QED) is 0.840. The molecule has 1 aliphatic rings. The smallest absolute Gasteiger partial charge is 0.407 e. The minimum absolute atomic E-state index is 0.0655. The zero-order valence-electron chi connectivity index (χ0n) is 13.3. The molecule has 0 radical (unpaired) electrons. The van der Waals surface area contributed by atoms with Crippen molar-refractivity contribution in [3.05, 3.63) is 16.6 Å². The number of hydrogen-bond acceptors (Lipinski definition) is 6. The van der Waals surface area contributed by atoms with Crippen molar-refractivity contribution in [3.63, 3.8) is 0 Å². The Morgan fingerprint density at radius 3 is 2.91 bits per heavy atom. The van der Waals surface area contributed by atoms with Gasteiger partial charge in [0.1, 0.15) is 5.60 Å². The highest BCUT2D eigenvalue weighted by atomic mass is 32.1. The summed E-state index contributed by atoms with van der Waals surface area (Å²) < 4.78 is 5.21. The molecule has 0 aliphatic carbocycles. The Morgan fingerprint density at radius 1 is 1.50 bits per heavy atom. The third-order valence-electron chi connectivity index (χ3n) is 3.34. The van der Waals surface area contributed by atoms with E-state index in [4.69, 9.17) is 4.74 Å². The van der Waals surface area contributed by atoms with Crippen LogP contribution in [-0.2, 0) is 4.74 Å². The molecule has 2 heterocycles. The number of nitrogens with zero attached hydrogens (tertiary/aromatic N) is 2. The van der Waals surface area contributed by atoms with Crippen molar-refractivity contribution in [2.45, 2.75) is 32.8 Å². The lowest BCUT2D eigenvalue weighted by Gasteiger charge is -2.20. The molecule has 7 heteroatoms. The van der Waals surface area contributed by atoms with Crippen molar-refractivity contribution >= 4 is 23.2 Å². The second-order valence-electron chi connectivity index (χ2n) is 6.53. The largest absolute Gasteiger partial charge is 0.444 e. The van der Waals surface area contributed by atoms with Crippen LogP contribution in [0.25, 0.3) is 0 Å². The molecule has 0 aromatic carbocycles. The maximum atomic E-state index is 12.0. The first-order valence-corrected chi connectivity index (χ1v) is 8.33. The van der Waals surface area contributed by atoms with Gasteiger partial charge in [-0.1, -0.05) is 0 Å². The molecule has 1 aliphatic heterocycles. The summed E-state index contributed by atoms with van der Waals surface area (Å²) in [5.41, 5.74) is -0.480. The fourth-order valence-corrected chi connectivity index (χ4v) is 2.97. The molecule has 0 unspecified atom stereocenters. The van der Waals surface area contributed by atoms with Gasteiger partial charge in [0.05, 0.1) is 6.54 Å². The number of likely N-dealkylation sites (tertiary alicyclic amines) is 1. The van der Waals surface area contributed by atoms with Gasteiger partial charge in [0, 0.05) is 24.7 Å². The van der Waals surface area contributed by atoms with Crippen LogP contribution in [0.1, 0.15) is 37.0 Å². The van der Waals surface area contributed by atoms with Gasteiger partial charge in [0.25, 0.3) is 0 Å². The lowest BCUT2D eigenvalue weighted by molar-refractivity contribution is 0.0519. The number of hydrogen-bond donors (Lipinski definition) is 1. The second-order valence-corrected chi connectivity index (χ2v) is 7.43. The summed E-state index contributed by atoms with van der Waals surface area (Å²) in [4.78, 5) is 29.8. The first-order valence-electron chi connectivity index (χ1n) is 7.45. The fraction of sp³-hybridized carbons (Fsp3) is 0.667. The lowest BCUT2D eigenvalue weighted by atomic mass is 10.1. The molecule has 1 saturated heterocycles. The molecule has 0 bridgehead atoms. The van der Waals surface area contributed by atoms with Crippen molar-refractivity contribution in [3.8, 4) is 0 Å². The number of ether oxygens (including phenoxy) is 1. The summed E-state index contributed by atoms with van der Waals surface area (Å²) in [6.07, 6.45) is 2.24. The highest BCUT2D eigenvalue weighted by Crippen LogP contribution is 2.17. The summed E-state index contributed by atoms with van der Waals surface area (Å²) >= 11 is 1.37. The summed E-state index contributed by atoms with van der Waals surface area (Å²) in [6.45, 7) is 8.19. The molecular formula is C15H23N3O3S. The Hall–Kier alpha value is -1.47. The van der Waals surface area contributed by atoms with Crippen molar-refractivity contribution < 1.29 is 14.3 Å². The summed E-state index contributed by atoms with van der Waals surface area (Å²) in [5, 5.41) is 5.17. The molecule has 1 aromatic heterocycles. The van der Waals surface area contributed by atoms with Gasteiger partial charge < -0.3 is 10.1 Å². The molecule has 1 atom stereocenters. The first kappa shape index (κ1) is 16.9. The number of carbonyl (C=O) groups is 2. The van der Waals surface area contributed by atoms with Gasteiger partial charge in [-0.25, -0.2) is 9.78 Å². The SMILES string of the molecule is CC(C)(C)OC(=O)NC[C@H]1CCN(CC(=O)c2nccs2)C1. The molecule has 6 nitrogen and oxygen atoms in total. The average molecular weight is 325 g/mol. The molecule has 22 heavy (non-hydrogen) atoms. The molecule has 122 valence electrons. The van der Waals surface area contributed by atoms with Gasteiger partial charge in [-0.15, -0.1) is 11.3 Å². The molecule has 0 saturated carbocycles. The van der Waals surface area contributed by atoms with Crippen LogP contribution in [0.15, 0.2) is 11.6 Å². The third kappa shape index (κ3) is 5.38. The van der Waals surface area contributed by atoms with Crippen LogP contribution in [0, 0.1) is 5.92 Å². The van der Waals surface area contributed by atoms with Gasteiger partial charge in [-0.05, 0) is 39.7 Å². The van der Waals surface area contributed by atoms with Crippen molar-refractivity contribution in [1.82, 2.24) is 15.2 Å². The van der Waals surface area contributed by atoms with Crippen LogP contribution in [0.2, 0.25) is 0 Å². The van der Waals surface area contributed by atoms with Crippen LogP contribution in [0.5, 0.6) is 0 Å². The van der Waals surface area contributed by atoms with Crippen molar-refractivity contribution in [2.24, 2.45) is 5.92 Å². The minimum Gasteiger partial charge on any atom is -0.444 e. The van der Waals surface area contributed by atoms with Gasteiger partial charge in [0.15, 0.2) is 5.01 Å². The minimum atomic E-state index is -0.480. The number of aromatic nitrogens is 1. The van der Waals surface area contributed by atoms with Gasteiger partial charge in [-0.3, -0.25) is 9.69 Å². The molecular weight excluding hydrogens is 302 g/mol. The van der Waals surface area contributed by atoms with E-state index in [9.17, 15) is 9.59 Å². The number of thiazole rings is 1. The highest BCUT2D eigenvalue weighted by Gasteiger charge is 2.26. The predicted octanol–water partition coefficient (Wildman–Crippen LogP) is 2.17. The lowest BCUT2D eigenvalue weighted by Crippen LogP contribution is -2.36. The van der Waals surface area contributed by atoms with E-state index in [-0.39, 0.29) is 11.9 Å². The topological polar surface area (TPSA) is 71.5 Å². The van der Waals surface area contributed by atoms with Crippen molar-refractivity contribution in [2.75, 3.05) is 26.2 Å². The van der Waals surface area contributed by atoms with Gasteiger partial charge >= 0.3 is 6.09 Å². The summed E-state index contributed by atoms with van der Waals surface area (Å²) in [6, 6.07) is 0. The molecule has 0 spiro atoms. The van der Waals surface area contributed by atoms with E-state index in [1.807, 2.05) is 26.2 Å². The van der Waals surface area contributed by atoms with Gasteiger partial charge in [-0.2, -0.15) is 0 Å². The standard InChI is InChI=1S/C15H23N3O3S/c1-15(2,3)21-14(20)17-8-11-4-6-18(9-11)10-12(19)13-16-5-7-22-13/h5,7,11H,4,6,8-10H2,1-3H3,(H,17,20)/t11-/m1/s1. The van der Waals surface area contributed by atoms with E-state index < -0.39 is 5.60 Å². The van der Waals surface area contributed by atoms with E-state index in [1.54, 1.807) is 6.20 Å². The van der Waals surface area contributed by atoms with Crippen LogP contribution >= 0.6 is 11.3 Å². The Balaban J connectivity index is 1.69. The van der Waals surface area contributed by atoms with Crippen molar-refractivity contribution in [1.29, 1.82) is 0 Å². The highest BCUT2D eigenvalue weighted by molar-refractivity contribution is 7.11. The maximum absolute atomic E-state index is 12.0. The molecule has 1 N–H and O–H groups in total. The van der Waals surface area contributed by atoms with E-state index in [1.165, 1.54) is 11.3 Å². The van der Waals surface area contributed by atoms with Gasteiger partial charge in [0.2, 0.25) is 5.78 Å². The molecule has 2 rings (SSSR count). The Morgan fingerprint density at radius 2 is 2.27 bits per heavy atom. The van der Waals surface area contributed by atoms with E-state index in [0.29, 0.717) is 24.0 Å². The number of carbonyl (C=O) groups excluding carboxylic acids is 2. The van der Waals surface area contributed by atoms with E-state index in [0.717, 1.165) is 19.5 Å². The predicted molar refractivity (Wildman–Crippen MR) is 85.2 cm³/mol. The van der Waals surface area contributed by atoms with E-state index >= 15 is 0 Å². The number of nitrogens with one attached hydrogen (secondary N) is 1. The number of rotatable bonds is 5. The zero-order chi connectivity index (χ0) is 16.2. The fourth-order valence-electron chi connectivity index (χ4n) is 2.40. The average Bonchev–Trinajstić information content (AvgIpc) is 3.05.